The molecule has 1 aliphatic rings. The van der Waals surface area contributed by atoms with Gasteiger partial charge >= 0.3 is 6.03 Å². The molecule has 0 unspecified atom stereocenters. The number of nitrogens with zero attached hydrogens (tertiary/aromatic N) is 1. The zero-order valence-corrected chi connectivity index (χ0v) is 13.2. The van der Waals surface area contributed by atoms with Crippen molar-refractivity contribution in [3.05, 3.63) is 23.8 Å². The maximum Gasteiger partial charge on any atom is 0.321 e. The van der Waals surface area contributed by atoms with E-state index in [0.29, 0.717) is 0 Å². The average molecular weight is 290 g/mol. The van der Waals surface area contributed by atoms with Crippen LogP contribution in [0.3, 0.4) is 0 Å². The van der Waals surface area contributed by atoms with Crippen LogP contribution in [0.5, 0.6) is 5.75 Å². The normalized spacial score (nSPS) is 15.0. The van der Waals surface area contributed by atoms with Gasteiger partial charge in [-0.2, -0.15) is 0 Å². The monoisotopic (exact) mass is 290 g/mol. The summed E-state index contributed by atoms with van der Waals surface area (Å²) < 4.78 is 5.45. The third-order valence-electron chi connectivity index (χ3n) is 3.96. The first-order valence-corrected chi connectivity index (χ1v) is 7.98. The third-order valence-corrected chi connectivity index (χ3v) is 3.96. The number of nitrogens with one attached hydrogen (secondary N) is 1. The van der Waals surface area contributed by atoms with Crippen LogP contribution >= 0.6 is 0 Å². The second kappa shape index (κ2) is 7.91. The van der Waals surface area contributed by atoms with Crippen LogP contribution in [0.1, 0.15) is 44.6 Å². The van der Waals surface area contributed by atoms with Gasteiger partial charge in [0, 0.05) is 18.8 Å². The lowest BCUT2D eigenvalue weighted by Crippen LogP contribution is -2.46. The van der Waals surface area contributed by atoms with Gasteiger partial charge in [0.05, 0.1) is 7.11 Å². The summed E-state index contributed by atoms with van der Waals surface area (Å²) in [7, 11) is 1.71. The molecule has 116 valence electrons. The first kappa shape index (κ1) is 15.7. The van der Waals surface area contributed by atoms with Gasteiger partial charge in [0.2, 0.25) is 0 Å². The molecule has 0 atom stereocenters. The van der Waals surface area contributed by atoms with E-state index in [4.69, 9.17) is 4.74 Å². The summed E-state index contributed by atoms with van der Waals surface area (Å²) in [4.78, 5) is 13.8. The van der Waals surface area contributed by atoms with E-state index in [1.54, 1.807) is 7.11 Å². The number of anilines is 1. The van der Waals surface area contributed by atoms with E-state index in [1.165, 1.54) is 31.2 Å². The van der Waals surface area contributed by atoms with Gasteiger partial charge in [-0.25, -0.2) is 4.79 Å². The van der Waals surface area contributed by atoms with E-state index in [9.17, 15) is 4.79 Å². The van der Waals surface area contributed by atoms with Crippen LogP contribution in [0.25, 0.3) is 0 Å². The zero-order valence-electron chi connectivity index (χ0n) is 13.2. The lowest BCUT2D eigenvalue weighted by Gasteiger charge is -2.28. The fourth-order valence-electron chi connectivity index (χ4n) is 2.75. The SMILES string of the molecule is CCCCCCc1cc(N2CCCNC2=O)ccc1OC. The number of hydrogen-bond donors (Lipinski definition) is 1. The van der Waals surface area contributed by atoms with Crippen LogP contribution in [-0.2, 0) is 6.42 Å². The first-order chi connectivity index (χ1) is 10.3. The smallest absolute Gasteiger partial charge is 0.321 e. The van der Waals surface area contributed by atoms with Crippen molar-refractivity contribution in [1.82, 2.24) is 5.32 Å². The van der Waals surface area contributed by atoms with Crippen molar-refractivity contribution < 1.29 is 9.53 Å². The van der Waals surface area contributed by atoms with E-state index in [2.05, 4.69) is 18.3 Å². The largest absolute Gasteiger partial charge is 0.496 e. The Morgan fingerprint density at radius 1 is 1.29 bits per heavy atom. The molecule has 0 bridgehead atoms. The number of rotatable bonds is 7. The van der Waals surface area contributed by atoms with Crippen LogP contribution in [0, 0.1) is 0 Å². The summed E-state index contributed by atoms with van der Waals surface area (Å²) in [5.41, 5.74) is 2.17. The van der Waals surface area contributed by atoms with Crippen molar-refractivity contribution in [2.45, 2.75) is 45.4 Å². The van der Waals surface area contributed by atoms with Gasteiger partial charge in [0.15, 0.2) is 0 Å². The van der Waals surface area contributed by atoms with E-state index < -0.39 is 0 Å². The molecule has 4 heteroatoms. The molecule has 0 saturated carbocycles. The Morgan fingerprint density at radius 2 is 2.14 bits per heavy atom. The predicted octanol–water partition coefficient (Wildman–Crippen LogP) is 3.74. The maximum atomic E-state index is 11.9. The molecule has 2 rings (SSSR count). The van der Waals surface area contributed by atoms with E-state index in [1.807, 2.05) is 17.0 Å². The summed E-state index contributed by atoms with van der Waals surface area (Å²) in [6, 6.07) is 6.06. The van der Waals surface area contributed by atoms with Gasteiger partial charge in [-0.15, -0.1) is 0 Å². The molecule has 0 radical (unpaired) electrons. The topological polar surface area (TPSA) is 41.6 Å². The molecular weight excluding hydrogens is 264 g/mol. The van der Waals surface area contributed by atoms with Crippen molar-refractivity contribution in [3.8, 4) is 5.75 Å². The molecule has 1 saturated heterocycles. The van der Waals surface area contributed by atoms with Gasteiger partial charge in [0.25, 0.3) is 0 Å². The number of ether oxygens (including phenoxy) is 1. The molecule has 0 aromatic heterocycles. The molecule has 4 nitrogen and oxygen atoms in total. The Morgan fingerprint density at radius 3 is 2.86 bits per heavy atom. The van der Waals surface area contributed by atoms with Crippen molar-refractivity contribution in [1.29, 1.82) is 0 Å². The Kier molecular flexibility index (Phi) is 5.90. The van der Waals surface area contributed by atoms with E-state index in [0.717, 1.165) is 37.4 Å². The Hall–Kier alpha value is -1.71. The van der Waals surface area contributed by atoms with Crippen LogP contribution in [0.15, 0.2) is 18.2 Å². The fourth-order valence-corrected chi connectivity index (χ4v) is 2.75. The molecule has 1 aromatic carbocycles. The number of carbonyl (C=O) groups excluding carboxylic acids is 1. The lowest BCUT2D eigenvalue weighted by molar-refractivity contribution is 0.243. The molecule has 0 aliphatic carbocycles. The minimum absolute atomic E-state index is 0.00310. The minimum atomic E-state index is 0.00310. The standard InChI is InChI=1S/C17H26N2O2/c1-3-4-5-6-8-14-13-15(9-10-16(14)21-2)19-12-7-11-18-17(19)20/h9-10,13H,3-8,11-12H2,1-2H3,(H,18,20). The third kappa shape index (κ3) is 4.13. The highest BCUT2D eigenvalue weighted by molar-refractivity contribution is 5.92. The van der Waals surface area contributed by atoms with Crippen LogP contribution in [0.2, 0.25) is 0 Å². The Labute approximate surface area is 127 Å². The molecular formula is C17H26N2O2. The number of amides is 2. The van der Waals surface area contributed by atoms with Crippen molar-refractivity contribution >= 4 is 11.7 Å². The molecule has 21 heavy (non-hydrogen) atoms. The van der Waals surface area contributed by atoms with Crippen molar-refractivity contribution in [2.75, 3.05) is 25.1 Å². The summed E-state index contributed by atoms with van der Waals surface area (Å²) in [6.45, 7) is 3.78. The number of hydrogen-bond acceptors (Lipinski definition) is 2. The lowest BCUT2D eigenvalue weighted by atomic mass is 10.0. The average Bonchev–Trinajstić information content (AvgIpc) is 2.52. The summed E-state index contributed by atoms with van der Waals surface area (Å²) in [6.07, 6.45) is 6.92. The molecule has 1 heterocycles. The Bertz CT molecular complexity index is 474. The molecule has 1 aliphatic heterocycles. The summed E-state index contributed by atoms with van der Waals surface area (Å²) in [5.74, 6) is 0.924. The number of benzene rings is 1. The van der Waals surface area contributed by atoms with Crippen molar-refractivity contribution in [3.63, 3.8) is 0 Å². The highest BCUT2D eigenvalue weighted by Gasteiger charge is 2.20. The Balaban J connectivity index is 2.10. The number of methoxy groups -OCH3 is 1. The molecule has 1 N–H and O–H groups in total. The second-order valence-corrected chi connectivity index (χ2v) is 5.54. The number of aryl methyl sites for hydroxylation is 1. The number of unbranched alkanes of at least 4 members (excludes halogenated alkanes) is 3. The van der Waals surface area contributed by atoms with Gasteiger partial charge in [-0.1, -0.05) is 26.2 Å². The number of carbonyl (C=O) groups is 1. The van der Waals surface area contributed by atoms with E-state index >= 15 is 0 Å². The van der Waals surface area contributed by atoms with Gasteiger partial charge < -0.3 is 10.1 Å². The minimum Gasteiger partial charge on any atom is -0.496 e. The summed E-state index contributed by atoms with van der Waals surface area (Å²) in [5, 5.41) is 2.89. The van der Waals surface area contributed by atoms with Gasteiger partial charge in [-0.3, -0.25) is 4.90 Å². The van der Waals surface area contributed by atoms with Crippen molar-refractivity contribution in [2.24, 2.45) is 0 Å². The summed E-state index contributed by atoms with van der Waals surface area (Å²) >= 11 is 0. The predicted molar refractivity (Wildman–Crippen MR) is 86.2 cm³/mol. The zero-order chi connectivity index (χ0) is 15.1. The molecule has 1 fully saturated rings. The van der Waals surface area contributed by atoms with Crippen LogP contribution in [0.4, 0.5) is 10.5 Å². The first-order valence-electron chi connectivity index (χ1n) is 7.98. The molecule has 2 amide bonds. The fraction of sp³-hybridized carbons (Fsp3) is 0.588. The van der Waals surface area contributed by atoms with Gasteiger partial charge in [-0.05, 0) is 43.0 Å². The quantitative estimate of drug-likeness (QED) is 0.777. The second-order valence-electron chi connectivity index (χ2n) is 5.54. The maximum absolute atomic E-state index is 11.9. The molecule has 1 aromatic rings. The highest BCUT2D eigenvalue weighted by atomic mass is 16.5. The van der Waals surface area contributed by atoms with Crippen LogP contribution < -0.4 is 15.0 Å². The highest BCUT2D eigenvalue weighted by Crippen LogP contribution is 2.27. The van der Waals surface area contributed by atoms with Gasteiger partial charge in [0.1, 0.15) is 5.75 Å². The molecule has 0 spiro atoms. The number of urea groups is 1. The van der Waals surface area contributed by atoms with Crippen LogP contribution in [-0.4, -0.2) is 26.2 Å². The van der Waals surface area contributed by atoms with E-state index in [-0.39, 0.29) is 6.03 Å².